The number of hydrogen-bond donors (Lipinski definition) is 1. The molecular weight excluding hydrogens is 450 g/mol. The molecule has 1 aliphatic rings. The molecule has 0 spiro atoms. The smallest absolute Gasteiger partial charge is 0.257 e. The van der Waals surface area contributed by atoms with Crippen LogP contribution in [0.1, 0.15) is 30.1 Å². The minimum atomic E-state index is -3.55. The van der Waals surface area contributed by atoms with Crippen LogP contribution in [-0.4, -0.2) is 50.9 Å². The summed E-state index contributed by atoms with van der Waals surface area (Å²) in [6, 6.07) is 9.56. The molecule has 0 unspecified atom stereocenters. The summed E-state index contributed by atoms with van der Waals surface area (Å²) in [5.74, 6) is 1.36. The van der Waals surface area contributed by atoms with Gasteiger partial charge in [0.05, 0.1) is 23.8 Å². The van der Waals surface area contributed by atoms with Crippen LogP contribution in [0.2, 0.25) is 0 Å². The third-order valence-corrected chi connectivity index (χ3v) is 8.44. The van der Waals surface area contributed by atoms with E-state index in [9.17, 15) is 13.2 Å². The van der Waals surface area contributed by atoms with E-state index in [4.69, 9.17) is 9.47 Å². The van der Waals surface area contributed by atoms with Crippen LogP contribution >= 0.6 is 11.3 Å². The quantitative estimate of drug-likeness (QED) is 0.579. The Hall–Kier alpha value is -2.69. The van der Waals surface area contributed by atoms with Gasteiger partial charge >= 0.3 is 0 Å². The minimum absolute atomic E-state index is 0.195. The summed E-state index contributed by atoms with van der Waals surface area (Å²) in [5, 5.41) is 3.19. The lowest BCUT2D eigenvalue weighted by molar-refractivity contribution is 0.102. The molecule has 4 rings (SSSR count). The van der Waals surface area contributed by atoms with Gasteiger partial charge in [-0.05, 0) is 49.1 Å². The third-order valence-electron chi connectivity index (χ3n) is 5.61. The topological polar surface area (TPSA) is 97.8 Å². The van der Waals surface area contributed by atoms with Crippen LogP contribution in [0.5, 0.6) is 11.5 Å². The lowest BCUT2D eigenvalue weighted by Gasteiger charge is -2.29. The molecule has 1 aliphatic heterocycles. The Morgan fingerprint density at radius 1 is 1.12 bits per heavy atom. The lowest BCUT2D eigenvalue weighted by Crippen LogP contribution is -2.37. The van der Waals surface area contributed by atoms with Crippen molar-refractivity contribution in [2.75, 3.05) is 32.6 Å². The Kier molecular flexibility index (Phi) is 6.36. The molecule has 3 aromatic rings. The number of aromatic nitrogens is 1. The summed E-state index contributed by atoms with van der Waals surface area (Å²) in [4.78, 5) is 17.4. The van der Waals surface area contributed by atoms with Crippen LogP contribution in [0, 0.1) is 5.92 Å². The van der Waals surface area contributed by atoms with E-state index >= 15 is 0 Å². The maximum absolute atomic E-state index is 12.9. The first kappa shape index (κ1) is 22.5. The van der Waals surface area contributed by atoms with Crippen molar-refractivity contribution in [3.63, 3.8) is 0 Å². The molecule has 0 bridgehead atoms. The summed E-state index contributed by atoms with van der Waals surface area (Å²) in [6.07, 6.45) is 1.72. The average Bonchev–Trinajstić information content (AvgIpc) is 3.21. The first-order chi connectivity index (χ1) is 15.3. The molecule has 1 amide bonds. The van der Waals surface area contributed by atoms with Gasteiger partial charge in [0.25, 0.3) is 5.91 Å². The molecular formula is C22H25N3O5S2. The van der Waals surface area contributed by atoms with Crippen LogP contribution in [-0.2, 0) is 10.0 Å². The van der Waals surface area contributed by atoms with Gasteiger partial charge in [-0.3, -0.25) is 10.1 Å². The van der Waals surface area contributed by atoms with E-state index in [1.54, 1.807) is 20.3 Å². The van der Waals surface area contributed by atoms with Crippen molar-refractivity contribution >= 4 is 42.6 Å². The number of benzene rings is 2. The fourth-order valence-electron chi connectivity index (χ4n) is 3.62. The summed E-state index contributed by atoms with van der Waals surface area (Å²) in [5.41, 5.74) is 0.978. The first-order valence-corrected chi connectivity index (χ1v) is 12.5. The number of ether oxygens (including phenoxy) is 2. The summed E-state index contributed by atoms with van der Waals surface area (Å²) in [7, 11) is -0.436. The van der Waals surface area contributed by atoms with Crippen molar-refractivity contribution in [1.29, 1.82) is 0 Å². The van der Waals surface area contributed by atoms with Gasteiger partial charge in [0.15, 0.2) is 5.13 Å². The Balaban J connectivity index is 1.51. The first-order valence-electron chi connectivity index (χ1n) is 10.3. The van der Waals surface area contributed by atoms with Crippen molar-refractivity contribution in [3.8, 4) is 11.5 Å². The zero-order chi connectivity index (χ0) is 22.9. The van der Waals surface area contributed by atoms with Gasteiger partial charge in [-0.1, -0.05) is 18.3 Å². The lowest BCUT2D eigenvalue weighted by atomic mass is 10.0. The van der Waals surface area contributed by atoms with Gasteiger partial charge in [0, 0.05) is 24.7 Å². The molecule has 2 aromatic carbocycles. The number of carbonyl (C=O) groups is 1. The van der Waals surface area contributed by atoms with Crippen molar-refractivity contribution in [3.05, 3.63) is 42.0 Å². The Morgan fingerprint density at radius 2 is 1.81 bits per heavy atom. The van der Waals surface area contributed by atoms with Crippen LogP contribution in [0.15, 0.2) is 41.3 Å². The predicted molar refractivity (Wildman–Crippen MR) is 124 cm³/mol. The van der Waals surface area contributed by atoms with Crippen LogP contribution in [0.3, 0.4) is 0 Å². The van der Waals surface area contributed by atoms with E-state index in [1.807, 2.05) is 6.07 Å². The Morgan fingerprint density at radius 3 is 2.44 bits per heavy atom. The van der Waals surface area contributed by atoms with E-state index in [1.165, 1.54) is 39.9 Å². The average molecular weight is 476 g/mol. The maximum atomic E-state index is 12.9. The third kappa shape index (κ3) is 4.43. The molecule has 8 nitrogen and oxygen atoms in total. The van der Waals surface area contributed by atoms with Crippen molar-refractivity contribution in [2.45, 2.75) is 24.7 Å². The molecule has 1 saturated heterocycles. The van der Waals surface area contributed by atoms with Gasteiger partial charge in [0.2, 0.25) is 10.0 Å². The largest absolute Gasteiger partial charge is 0.497 e. The van der Waals surface area contributed by atoms with Crippen molar-refractivity contribution in [2.24, 2.45) is 5.92 Å². The second kappa shape index (κ2) is 9.05. The Labute approximate surface area is 191 Å². The minimum Gasteiger partial charge on any atom is -0.497 e. The number of piperidine rings is 1. The summed E-state index contributed by atoms with van der Waals surface area (Å²) in [6.45, 7) is 3.19. The van der Waals surface area contributed by atoms with Crippen LogP contribution in [0.25, 0.3) is 10.2 Å². The zero-order valence-corrected chi connectivity index (χ0v) is 19.8. The SMILES string of the molecule is COc1cc(OC)c2nc(NC(=O)c3ccc(S(=O)(=O)N4CCC(C)CC4)cc3)sc2c1. The molecule has 0 aliphatic carbocycles. The number of anilines is 1. The summed E-state index contributed by atoms with van der Waals surface area (Å²) < 4.78 is 38.7. The van der Waals surface area contributed by atoms with E-state index in [0.29, 0.717) is 46.7 Å². The molecule has 0 atom stereocenters. The molecule has 170 valence electrons. The second-order valence-electron chi connectivity index (χ2n) is 7.76. The highest BCUT2D eigenvalue weighted by atomic mass is 32.2. The predicted octanol–water partition coefficient (Wildman–Crippen LogP) is 3.99. The van der Waals surface area contributed by atoms with E-state index in [0.717, 1.165) is 17.5 Å². The molecule has 2 heterocycles. The molecule has 1 fully saturated rings. The molecule has 1 aromatic heterocycles. The zero-order valence-electron chi connectivity index (χ0n) is 18.1. The van der Waals surface area contributed by atoms with Crippen molar-refractivity contribution < 1.29 is 22.7 Å². The highest BCUT2D eigenvalue weighted by Crippen LogP contribution is 2.36. The standard InChI is InChI=1S/C22H25N3O5S2/c1-14-8-10-25(11-9-14)32(27,28)17-6-4-15(5-7-17)21(26)24-22-23-20-18(30-3)12-16(29-2)13-19(20)31-22/h4-7,12-14H,8-11H2,1-3H3,(H,23,24,26). The van der Waals surface area contributed by atoms with Gasteiger partial charge in [0.1, 0.15) is 17.0 Å². The Bertz CT molecular complexity index is 1230. The number of carbonyl (C=O) groups excluding carboxylic acids is 1. The molecule has 0 saturated carbocycles. The molecule has 32 heavy (non-hydrogen) atoms. The van der Waals surface area contributed by atoms with Gasteiger partial charge in [-0.25, -0.2) is 13.4 Å². The number of sulfonamides is 1. The number of nitrogens with one attached hydrogen (secondary N) is 1. The van der Waals surface area contributed by atoms with Crippen molar-refractivity contribution in [1.82, 2.24) is 9.29 Å². The van der Waals surface area contributed by atoms with Crippen LogP contribution < -0.4 is 14.8 Å². The highest BCUT2D eigenvalue weighted by molar-refractivity contribution is 7.89. The number of methoxy groups -OCH3 is 2. The number of nitrogens with zero attached hydrogens (tertiary/aromatic N) is 2. The van der Waals surface area contributed by atoms with E-state index < -0.39 is 10.0 Å². The number of hydrogen-bond acceptors (Lipinski definition) is 7. The number of rotatable bonds is 6. The monoisotopic (exact) mass is 475 g/mol. The number of fused-ring (bicyclic) bond motifs is 1. The fourth-order valence-corrected chi connectivity index (χ4v) is 6.00. The molecule has 10 heteroatoms. The van der Waals surface area contributed by atoms with Gasteiger partial charge < -0.3 is 9.47 Å². The molecule has 0 radical (unpaired) electrons. The second-order valence-corrected chi connectivity index (χ2v) is 10.7. The summed E-state index contributed by atoms with van der Waals surface area (Å²) >= 11 is 1.30. The van der Waals surface area contributed by atoms with Gasteiger partial charge in [-0.15, -0.1) is 0 Å². The van der Waals surface area contributed by atoms with Crippen LogP contribution in [0.4, 0.5) is 5.13 Å². The van der Waals surface area contributed by atoms with E-state index in [2.05, 4.69) is 17.2 Å². The number of amides is 1. The fraction of sp³-hybridized carbons (Fsp3) is 0.364. The van der Waals surface area contributed by atoms with E-state index in [-0.39, 0.29) is 10.8 Å². The molecule has 1 N–H and O–H groups in total. The number of thiazole rings is 1. The maximum Gasteiger partial charge on any atom is 0.257 e. The normalized spacial score (nSPS) is 15.6. The van der Waals surface area contributed by atoms with Gasteiger partial charge in [-0.2, -0.15) is 4.31 Å². The highest BCUT2D eigenvalue weighted by Gasteiger charge is 2.28.